The van der Waals surface area contributed by atoms with Crippen molar-refractivity contribution >= 4 is 28.8 Å². The molecule has 3 heterocycles. The van der Waals surface area contributed by atoms with Gasteiger partial charge in [-0.25, -0.2) is 18.6 Å². The zero-order valence-electron chi connectivity index (χ0n) is 20.7. The van der Waals surface area contributed by atoms with Crippen LogP contribution in [-0.2, 0) is 27.1 Å². The van der Waals surface area contributed by atoms with E-state index in [-0.39, 0.29) is 19.1 Å². The Morgan fingerprint density at radius 2 is 2.00 bits per heavy atom. The molecule has 37 heavy (non-hydrogen) atoms. The fourth-order valence-electron chi connectivity index (χ4n) is 5.56. The third-order valence-electron chi connectivity index (χ3n) is 7.31. The number of nitrogens with zero attached hydrogens (tertiary/aromatic N) is 3. The van der Waals surface area contributed by atoms with Gasteiger partial charge in [-0.2, -0.15) is 0 Å². The van der Waals surface area contributed by atoms with Crippen LogP contribution in [0.5, 0.6) is 0 Å². The number of fused-ring (bicyclic) bond motifs is 3. The molecule has 1 fully saturated rings. The number of carboxylic acid groups (broad SMARTS) is 1. The molecule has 0 bridgehead atoms. The third kappa shape index (κ3) is 4.66. The van der Waals surface area contributed by atoms with E-state index in [4.69, 9.17) is 14.5 Å². The number of halogens is 2. The largest absolute Gasteiger partial charge is 0.481 e. The van der Waals surface area contributed by atoms with Gasteiger partial charge in [0.2, 0.25) is 0 Å². The predicted molar refractivity (Wildman–Crippen MR) is 132 cm³/mol. The Bertz CT molecular complexity index is 1330. The molecule has 1 amide bonds. The lowest BCUT2D eigenvalue weighted by Gasteiger charge is -2.34. The molecular weight excluding hydrogens is 484 g/mol. The van der Waals surface area contributed by atoms with Crippen LogP contribution in [0.2, 0.25) is 0 Å². The van der Waals surface area contributed by atoms with Crippen LogP contribution in [0.4, 0.5) is 19.3 Å². The first-order valence-corrected chi connectivity index (χ1v) is 12.3. The minimum Gasteiger partial charge on any atom is -0.481 e. The van der Waals surface area contributed by atoms with Crippen LogP contribution in [0, 0.1) is 0 Å². The normalized spacial score (nSPS) is 21.9. The van der Waals surface area contributed by atoms with Gasteiger partial charge >= 0.3 is 12.1 Å². The Balaban J connectivity index is 1.67. The summed E-state index contributed by atoms with van der Waals surface area (Å²) in [6.45, 7) is 1.36. The monoisotopic (exact) mass is 513 g/mol. The number of aliphatic carboxylic acids is 1. The highest BCUT2D eigenvalue weighted by atomic mass is 19.3. The van der Waals surface area contributed by atoms with Crippen LogP contribution >= 0.6 is 0 Å². The molecule has 8 nitrogen and oxygen atoms in total. The molecular formula is C27H29F2N3O5. The molecule has 3 atom stereocenters. The van der Waals surface area contributed by atoms with Gasteiger partial charge in [0, 0.05) is 24.4 Å². The van der Waals surface area contributed by atoms with Crippen LogP contribution in [0.25, 0.3) is 11.0 Å². The van der Waals surface area contributed by atoms with E-state index in [1.54, 1.807) is 51.9 Å². The quantitative estimate of drug-likeness (QED) is 0.519. The number of aryl methyl sites for hydroxylation is 1. The average Bonchev–Trinajstić information content (AvgIpc) is 3.25. The second kappa shape index (κ2) is 9.74. The molecule has 1 N–H and O–H groups in total. The van der Waals surface area contributed by atoms with Gasteiger partial charge in [0.05, 0.1) is 42.4 Å². The van der Waals surface area contributed by atoms with Crippen molar-refractivity contribution in [3.63, 3.8) is 0 Å². The molecule has 1 aromatic heterocycles. The van der Waals surface area contributed by atoms with E-state index in [2.05, 4.69) is 0 Å². The van der Waals surface area contributed by atoms with Crippen molar-refractivity contribution in [3.05, 3.63) is 59.4 Å². The maximum Gasteiger partial charge on any atom is 0.414 e. The van der Waals surface area contributed by atoms with Gasteiger partial charge in [-0.15, -0.1) is 0 Å². The summed E-state index contributed by atoms with van der Waals surface area (Å²) in [6, 6.07) is 11.6. The summed E-state index contributed by atoms with van der Waals surface area (Å²) in [7, 11) is 1.33. The highest BCUT2D eigenvalue weighted by Gasteiger charge is 2.40. The van der Waals surface area contributed by atoms with E-state index < -0.39 is 43.0 Å². The Kier molecular flexibility index (Phi) is 6.61. The lowest BCUT2D eigenvalue weighted by atomic mass is 9.95. The summed E-state index contributed by atoms with van der Waals surface area (Å²) in [5.74, 6) is -4.55. The summed E-state index contributed by atoms with van der Waals surface area (Å²) in [5.41, 5.74) is 3.29. The molecule has 196 valence electrons. The van der Waals surface area contributed by atoms with Gasteiger partial charge in [0.25, 0.3) is 5.92 Å². The molecule has 0 saturated carbocycles. The second-order valence-electron chi connectivity index (χ2n) is 9.79. The highest BCUT2D eigenvalue weighted by Crippen LogP contribution is 2.40. The van der Waals surface area contributed by atoms with Crippen LogP contribution in [0.15, 0.2) is 42.5 Å². The molecule has 2 aliphatic heterocycles. The van der Waals surface area contributed by atoms with E-state index in [1.807, 2.05) is 6.92 Å². The second-order valence-corrected chi connectivity index (χ2v) is 9.79. The maximum atomic E-state index is 14.4. The zero-order chi connectivity index (χ0) is 26.3. The van der Waals surface area contributed by atoms with Gasteiger partial charge < -0.3 is 19.1 Å². The number of carbonyl (C=O) groups is 2. The van der Waals surface area contributed by atoms with Crippen LogP contribution in [0.3, 0.4) is 0 Å². The number of amides is 1. The number of carbonyl (C=O) groups excluding carboxylic acids is 1. The molecule has 3 aromatic rings. The van der Waals surface area contributed by atoms with Crippen molar-refractivity contribution in [1.82, 2.24) is 9.55 Å². The number of imidazole rings is 1. The average molecular weight is 514 g/mol. The van der Waals surface area contributed by atoms with Gasteiger partial charge in [0.1, 0.15) is 12.4 Å². The van der Waals surface area contributed by atoms with E-state index in [0.717, 1.165) is 5.56 Å². The van der Waals surface area contributed by atoms with Crippen molar-refractivity contribution in [1.29, 1.82) is 0 Å². The van der Waals surface area contributed by atoms with E-state index in [9.17, 15) is 23.5 Å². The van der Waals surface area contributed by atoms with Crippen molar-refractivity contribution in [3.8, 4) is 0 Å². The molecule has 1 saturated heterocycles. The van der Waals surface area contributed by atoms with Gasteiger partial charge in [-0.05, 0) is 37.5 Å². The van der Waals surface area contributed by atoms with Gasteiger partial charge in [-0.1, -0.05) is 30.3 Å². The maximum absolute atomic E-state index is 14.4. The number of rotatable bonds is 5. The number of ether oxygens (including phenoxy) is 2. The molecule has 2 aromatic carbocycles. The Labute approximate surface area is 212 Å². The van der Waals surface area contributed by atoms with Crippen LogP contribution in [-0.4, -0.2) is 59.0 Å². The van der Waals surface area contributed by atoms with Gasteiger partial charge in [0.15, 0.2) is 0 Å². The third-order valence-corrected chi connectivity index (χ3v) is 7.31. The predicted octanol–water partition coefficient (Wildman–Crippen LogP) is 4.95. The number of aromatic nitrogens is 2. The zero-order valence-corrected chi connectivity index (χ0v) is 20.7. The molecule has 0 radical (unpaired) electrons. The van der Waals surface area contributed by atoms with Crippen molar-refractivity contribution in [2.24, 2.45) is 0 Å². The summed E-state index contributed by atoms with van der Waals surface area (Å²) >= 11 is 0. The Morgan fingerprint density at radius 3 is 2.68 bits per heavy atom. The molecule has 2 aliphatic rings. The minimum atomic E-state index is -3.01. The molecule has 5 rings (SSSR count). The summed E-state index contributed by atoms with van der Waals surface area (Å²) in [6.07, 6.45) is 0.410. The fraction of sp³-hybridized carbons (Fsp3) is 0.444. The smallest absolute Gasteiger partial charge is 0.414 e. The van der Waals surface area contributed by atoms with Gasteiger partial charge in [-0.3, -0.25) is 9.69 Å². The Hall–Kier alpha value is -3.53. The van der Waals surface area contributed by atoms with Crippen molar-refractivity contribution in [2.75, 3.05) is 25.2 Å². The molecule has 0 unspecified atom stereocenters. The van der Waals surface area contributed by atoms with Crippen LogP contribution < -0.4 is 4.90 Å². The molecule has 0 aliphatic carbocycles. The summed E-state index contributed by atoms with van der Waals surface area (Å²) in [4.78, 5) is 31.3. The fourth-order valence-corrected chi connectivity index (χ4v) is 5.56. The SMILES string of the molecule is COC(=O)N1c2ccc3c(nc(C[C@@H](C(=O)O)c4ccccc4)n3[C@@H]3COCC(F)(F)C3)c2CC[C@@H]1C. The lowest BCUT2D eigenvalue weighted by molar-refractivity contribution is -0.139. The van der Waals surface area contributed by atoms with E-state index in [0.29, 0.717) is 41.0 Å². The first-order chi connectivity index (χ1) is 17.7. The minimum absolute atomic E-state index is 0.0159. The number of benzene rings is 2. The number of methoxy groups -OCH3 is 1. The van der Waals surface area contributed by atoms with Crippen molar-refractivity contribution < 1.29 is 33.0 Å². The Morgan fingerprint density at radius 1 is 1.24 bits per heavy atom. The summed E-state index contributed by atoms with van der Waals surface area (Å²) < 4.78 is 40.8. The highest BCUT2D eigenvalue weighted by molar-refractivity contribution is 5.95. The molecule has 10 heteroatoms. The van der Waals surface area contributed by atoms with Crippen molar-refractivity contribution in [2.45, 2.75) is 56.5 Å². The van der Waals surface area contributed by atoms with E-state index in [1.165, 1.54) is 7.11 Å². The topological polar surface area (TPSA) is 93.9 Å². The summed E-state index contributed by atoms with van der Waals surface area (Å²) in [5, 5.41) is 10.1. The number of alkyl halides is 2. The molecule has 0 spiro atoms. The standard InChI is InChI=1S/C27H29F2N3O5/c1-16-8-9-19-21(31(16)26(35)36-2)10-11-22-24(19)30-23(32(22)18-13-27(28,29)15-37-14-18)12-20(25(33)34)17-6-4-3-5-7-17/h3-7,10-11,16,18,20H,8-9,12-15H2,1-2H3,(H,33,34)/t16-,18-,20+/m0/s1. The number of hydrogen-bond acceptors (Lipinski definition) is 5. The first-order valence-electron chi connectivity index (χ1n) is 12.3. The van der Waals surface area contributed by atoms with Crippen LogP contribution in [0.1, 0.15) is 48.7 Å². The first kappa shape index (κ1) is 25.1. The number of anilines is 1. The van der Waals surface area contributed by atoms with E-state index >= 15 is 0 Å². The number of carboxylic acids is 1. The lowest BCUT2D eigenvalue weighted by Crippen LogP contribution is -2.42. The number of hydrogen-bond donors (Lipinski definition) is 1.